The Morgan fingerprint density at radius 2 is 1.96 bits per heavy atom. The van der Waals surface area contributed by atoms with E-state index in [1.54, 1.807) is 30.3 Å². The molecule has 1 aromatic heterocycles. The van der Waals surface area contributed by atoms with Crippen LogP contribution < -0.4 is 5.32 Å². The van der Waals surface area contributed by atoms with Gasteiger partial charge >= 0.3 is 5.97 Å². The summed E-state index contributed by atoms with van der Waals surface area (Å²) in [6.07, 6.45) is 1.80. The molecule has 0 saturated carbocycles. The topological polar surface area (TPSA) is 68.3 Å². The lowest BCUT2D eigenvalue weighted by molar-refractivity contribution is 0.0499. The number of anilines is 1. The predicted molar refractivity (Wildman–Crippen MR) is 93.3 cm³/mol. The molecule has 0 aliphatic heterocycles. The number of esters is 1. The molecule has 0 unspecified atom stereocenters. The first-order chi connectivity index (χ1) is 11.5. The van der Waals surface area contributed by atoms with Crippen molar-refractivity contribution in [1.29, 1.82) is 0 Å². The van der Waals surface area contributed by atoms with E-state index in [2.05, 4.69) is 10.3 Å². The average Bonchev–Trinajstić information content (AvgIpc) is 2.54. The molecule has 2 aromatic rings. The fraction of sp³-hybridized carbons (Fsp3) is 0.316. The molecule has 0 aliphatic rings. The second kappa shape index (κ2) is 8.24. The van der Waals surface area contributed by atoms with Gasteiger partial charge in [-0.1, -0.05) is 19.4 Å². The van der Waals surface area contributed by atoms with Crippen molar-refractivity contribution < 1.29 is 14.3 Å². The number of ether oxygens (including phenoxy) is 1. The molecule has 0 aliphatic carbocycles. The zero-order chi connectivity index (χ0) is 17.5. The molecule has 0 radical (unpaired) electrons. The van der Waals surface area contributed by atoms with Crippen molar-refractivity contribution in [2.24, 2.45) is 0 Å². The van der Waals surface area contributed by atoms with Crippen molar-refractivity contribution in [1.82, 2.24) is 4.98 Å². The third kappa shape index (κ3) is 4.91. The third-order valence-corrected chi connectivity index (χ3v) is 3.42. The first-order valence-corrected chi connectivity index (χ1v) is 8.03. The minimum atomic E-state index is -0.385. The molecule has 126 valence electrons. The standard InChI is InChI=1S/C19H22N2O3/c1-4-5-9-24-19(23)15-7-6-8-16(12-15)21-18(22)17-11-13(2)10-14(3)20-17/h6-8,10-12H,4-5,9H2,1-3H3,(H,21,22). The van der Waals surface area contributed by atoms with Gasteiger partial charge in [0.25, 0.3) is 5.91 Å². The highest BCUT2D eigenvalue weighted by atomic mass is 16.5. The van der Waals surface area contributed by atoms with E-state index in [0.29, 0.717) is 23.6 Å². The van der Waals surface area contributed by atoms with Crippen LogP contribution in [0.15, 0.2) is 36.4 Å². The number of hydrogen-bond acceptors (Lipinski definition) is 4. The summed E-state index contributed by atoms with van der Waals surface area (Å²) in [7, 11) is 0. The van der Waals surface area contributed by atoms with Crippen LogP contribution in [-0.2, 0) is 4.74 Å². The molecule has 0 spiro atoms. The average molecular weight is 326 g/mol. The zero-order valence-electron chi connectivity index (χ0n) is 14.3. The summed E-state index contributed by atoms with van der Waals surface area (Å²) >= 11 is 0. The Morgan fingerprint density at radius 1 is 1.17 bits per heavy atom. The van der Waals surface area contributed by atoms with E-state index in [4.69, 9.17) is 4.74 Å². The molecule has 0 saturated heterocycles. The molecule has 1 amide bonds. The van der Waals surface area contributed by atoms with Crippen LogP contribution >= 0.6 is 0 Å². The fourth-order valence-electron chi connectivity index (χ4n) is 2.27. The lowest BCUT2D eigenvalue weighted by atomic mass is 10.2. The quantitative estimate of drug-likeness (QED) is 0.645. The summed E-state index contributed by atoms with van der Waals surface area (Å²) < 4.78 is 5.18. The van der Waals surface area contributed by atoms with Crippen LogP contribution in [0.2, 0.25) is 0 Å². The normalized spacial score (nSPS) is 10.3. The van der Waals surface area contributed by atoms with Gasteiger partial charge in [-0.05, 0) is 56.2 Å². The summed E-state index contributed by atoms with van der Waals surface area (Å²) in [6.45, 7) is 6.19. The van der Waals surface area contributed by atoms with Gasteiger partial charge in [0.1, 0.15) is 5.69 Å². The number of pyridine rings is 1. The lowest BCUT2D eigenvalue weighted by Gasteiger charge is -2.08. The van der Waals surface area contributed by atoms with Gasteiger partial charge in [0.15, 0.2) is 0 Å². The molecule has 2 rings (SSSR count). The third-order valence-electron chi connectivity index (χ3n) is 3.42. The fourth-order valence-corrected chi connectivity index (χ4v) is 2.27. The van der Waals surface area contributed by atoms with E-state index in [0.717, 1.165) is 24.1 Å². The molecule has 0 fully saturated rings. The smallest absolute Gasteiger partial charge is 0.338 e. The number of unbranched alkanes of at least 4 members (excludes halogenated alkanes) is 1. The Bertz CT molecular complexity index is 721. The Morgan fingerprint density at radius 3 is 2.67 bits per heavy atom. The molecule has 1 heterocycles. The molecule has 24 heavy (non-hydrogen) atoms. The zero-order valence-corrected chi connectivity index (χ0v) is 14.3. The number of aromatic nitrogens is 1. The predicted octanol–water partition coefficient (Wildman–Crippen LogP) is 3.91. The van der Waals surface area contributed by atoms with Crippen molar-refractivity contribution >= 4 is 17.6 Å². The molecular weight excluding hydrogens is 304 g/mol. The Hall–Kier alpha value is -2.69. The molecule has 1 aromatic carbocycles. The van der Waals surface area contributed by atoms with Gasteiger partial charge in [0, 0.05) is 11.4 Å². The van der Waals surface area contributed by atoms with E-state index in [1.165, 1.54) is 0 Å². The van der Waals surface area contributed by atoms with Crippen LogP contribution in [-0.4, -0.2) is 23.5 Å². The summed E-state index contributed by atoms with van der Waals surface area (Å²) in [5.41, 5.74) is 3.06. The number of amides is 1. The first-order valence-electron chi connectivity index (χ1n) is 8.03. The summed E-state index contributed by atoms with van der Waals surface area (Å²) in [5, 5.41) is 2.77. The summed E-state index contributed by atoms with van der Waals surface area (Å²) in [5.74, 6) is -0.692. The Balaban J connectivity index is 2.08. The van der Waals surface area contributed by atoms with Crippen LogP contribution in [0.25, 0.3) is 0 Å². The van der Waals surface area contributed by atoms with Crippen LogP contribution in [0.3, 0.4) is 0 Å². The van der Waals surface area contributed by atoms with Crippen LogP contribution in [0.4, 0.5) is 5.69 Å². The molecule has 5 nitrogen and oxygen atoms in total. The summed E-state index contributed by atoms with van der Waals surface area (Å²) in [6, 6.07) is 10.3. The molecule has 0 bridgehead atoms. The van der Waals surface area contributed by atoms with Gasteiger partial charge in [-0.3, -0.25) is 4.79 Å². The van der Waals surface area contributed by atoms with Crippen LogP contribution in [0.5, 0.6) is 0 Å². The van der Waals surface area contributed by atoms with Crippen molar-refractivity contribution in [3.8, 4) is 0 Å². The minimum absolute atomic E-state index is 0.307. The highest BCUT2D eigenvalue weighted by molar-refractivity contribution is 6.03. The maximum atomic E-state index is 12.3. The Labute approximate surface area is 142 Å². The van der Waals surface area contributed by atoms with E-state index in [9.17, 15) is 9.59 Å². The molecule has 1 N–H and O–H groups in total. The summed E-state index contributed by atoms with van der Waals surface area (Å²) in [4.78, 5) is 28.5. The first kappa shape index (κ1) is 17.7. The van der Waals surface area contributed by atoms with Crippen molar-refractivity contribution in [3.05, 3.63) is 58.9 Å². The van der Waals surface area contributed by atoms with Gasteiger partial charge in [0.2, 0.25) is 0 Å². The van der Waals surface area contributed by atoms with Gasteiger partial charge < -0.3 is 10.1 Å². The van der Waals surface area contributed by atoms with Crippen molar-refractivity contribution in [3.63, 3.8) is 0 Å². The van der Waals surface area contributed by atoms with Crippen LogP contribution in [0, 0.1) is 13.8 Å². The number of benzene rings is 1. The minimum Gasteiger partial charge on any atom is -0.462 e. The number of rotatable bonds is 6. The van der Waals surface area contributed by atoms with E-state index >= 15 is 0 Å². The number of carbonyl (C=O) groups excluding carboxylic acids is 2. The number of carbonyl (C=O) groups is 2. The van der Waals surface area contributed by atoms with Gasteiger partial charge in [0.05, 0.1) is 12.2 Å². The second-order valence-corrected chi connectivity index (χ2v) is 5.70. The number of nitrogens with one attached hydrogen (secondary N) is 1. The number of hydrogen-bond donors (Lipinski definition) is 1. The lowest BCUT2D eigenvalue weighted by Crippen LogP contribution is -2.15. The SMILES string of the molecule is CCCCOC(=O)c1cccc(NC(=O)c2cc(C)cc(C)n2)c1. The Kier molecular flexibility index (Phi) is 6.07. The van der Waals surface area contributed by atoms with Gasteiger partial charge in [-0.15, -0.1) is 0 Å². The van der Waals surface area contributed by atoms with Crippen LogP contribution in [0.1, 0.15) is 51.9 Å². The second-order valence-electron chi connectivity index (χ2n) is 5.70. The van der Waals surface area contributed by atoms with E-state index < -0.39 is 0 Å². The molecule has 5 heteroatoms. The molecular formula is C19H22N2O3. The van der Waals surface area contributed by atoms with Crippen molar-refractivity contribution in [2.75, 3.05) is 11.9 Å². The number of aryl methyl sites for hydroxylation is 2. The van der Waals surface area contributed by atoms with Gasteiger partial charge in [-0.25, -0.2) is 9.78 Å². The van der Waals surface area contributed by atoms with E-state index in [-0.39, 0.29) is 11.9 Å². The number of nitrogens with zero attached hydrogens (tertiary/aromatic N) is 1. The highest BCUT2D eigenvalue weighted by Crippen LogP contribution is 2.14. The highest BCUT2D eigenvalue weighted by Gasteiger charge is 2.11. The molecule has 0 atom stereocenters. The van der Waals surface area contributed by atoms with E-state index in [1.807, 2.05) is 26.8 Å². The largest absolute Gasteiger partial charge is 0.462 e. The maximum absolute atomic E-state index is 12.3. The van der Waals surface area contributed by atoms with Gasteiger partial charge in [-0.2, -0.15) is 0 Å². The monoisotopic (exact) mass is 326 g/mol. The maximum Gasteiger partial charge on any atom is 0.338 e. The van der Waals surface area contributed by atoms with Crippen molar-refractivity contribution in [2.45, 2.75) is 33.6 Å².